The molecule has 5 nitrogen and oxygen atoms in total. The molecule has 2 aromatic rings. The summed E-state index contributed by atoms with van der Waals surface area (Å²) in [4.78, 5) is 16.1. The summed E-state index contributed by atoms with van der Waals surface area (Å²) in [5.74, 6) is -0.509. The number of carbonyl (C=O) groups excluding carboxylic acids is 1. The van der Waals surface area contributed by atoms with Crippen LogP contribution in [0.4, 0.5) is 18.9 Å². The lowest BCUT2D eigenvalue weighted by Crippen LogP contribution is -2.27. The van der Waals surface area contributed by atoms with Gasteiger partial charge < -0.3 is 14.8 Å². The second-order valence-electron chi connectivity index (χ2n) is 5.98. The molecule has 0 bridgehead atoms. The van der Waals surface area contributed by atoms with E-state index in [-0.39, 0.29) is 11.8 Å². The Morgan fingerprint density at radius 3 is 2.70 bits per heavy atom. The second-order valence-corrected chi connectivity index (χ2v) is 6.41. The van der Waals surface area contributed by atoms with Crippen molar-refractivity contribution < 1.29 is 27.4 Å². The number of nitrogens with one attached hydrogen (secondary N) is 1. The molecule has 1 aliphatic heterocycles. The third kappa shape index (κ3) is 5.33. The van der Waals surface area contributed by atoms with Crippen molar-refractivity contribution in [2.24, 2.45) is 0 Å². The number of halogens is 4. The van der Waals surface area contributed by atoms with E-state index in [1.807, 2.05) is 0 Å². The summed E-state index contributed by atoms with van der Waals surface area (Å²) in [5.41, 5.74) is 1.19. The Morgan fingerprint density at radius 2 is 2.07 bits per heavy atom. The summed E-state index contributed by atoms with van der Waals surface area (Å²) in [7, 11) is 0. The lowest BCUT2D eigenvalue weighted by atomic mass is 10.1. The van der Waals surface area contributed by atoms with Crippen LogP contribution in [-0.4, -0.2) is 36.4 Å². The fourth-order valence-electron chi connectivity index (χ4n) is 2.63. The maximum Gasteiger partial charge on any atom is 0.422 e. The average molecular weight is 401 g/mol. The highest BCUT2D eigenvalue weighted by Crippen LogP contribution is 2.32. The van der Waals surface area contributed by atoms with Gasteiger partial charge in [0.2, 0.25) is 5.88 Å². The Labute approximate surface area is 158 Å². The van der Waals surface area contributed by atoms with Crippen molar-refractivity contribution in [3.8, 4) is 17.0 Å². The van der Waals surface area contributed by atoms with E-state index in [4.69, 9.17) is 21.1 Å². The molecule has 1 saturated heterocycles. The topological polar surface area (TPSA) is 60.5 Å². The zero-order valence-corrected chi connectivity index (χ0v) is 14.8. The zero-order chi connectivity index (χ0) is 19.4. The van der Waals surface area contributed by atoms with E-state index >= 15 is 0 Å². The van der Waals surface area contributed by atoms with Crippen LogP contribution in [0.25, 0.3) is 11.1 Å². The standard InChI is InChI=1S/C18H16ClF3N2O3/c19-12-5-3-11(4-6-12)14-8-13(24-16(25)15-2-1-7-26-15)9-23-17(14)27-10-18(20,21)22/h3-6,8-9,15H,1-2,7,10H2,(H,24,25)/t15-/m0/s1. The number of pyridine rings is 1. The minimum absolute atomic E-state index is 0.190. The van der Waals surface area contributed by atoms with E-state index in [1.165, 1.54) is 12.3 Å². The number of anilines is 1. The maximum absolute atomic E-state index is 12.5. The first-order chi connectivity index (χ1) is 12.8. The van der Waals surface area contributed by atoms with Crippen molar-refractivity contribution in [3.63, 3.8) is 0 Å². The summed E-state index contributed by atoms with van der Waals surface area (Å²) in [6.07, 6.45) is -2.36. The normalized spacial score (nSPS) is 17.0. The Kier molecular flexibility index (Phi) is 5.86. The van der Waals surface area contributed by atoms with Gasteiger partial charge in [-0.05, 0) is 36.6 Å². The van der Waals surface area contributed by atoms with Gasteiger partial charge in [0.15, 0.2) is 6.61 Å². The summed E-state index contributed by atoms with van der Waals surface area (Å²) in [5, 5.41) is 3.15. The summed E-state index contributed by atoms with van der Waals surface area (Å²) >= 11 is 5.87. The number of hydrogen-bond acceptors (Lipinski definition) is 4. The first-order valence-corrected chi connectivity index (χ1v) is 8.57. The second kappa shape index (κ2) is 8.14. The molecule has 1 aliphatic rings. The molecule has 1 N–H and O–H groups in total. The number of amides is 1. The number of nitrogens with zero attached hydrogens (tertiary/aromatic N) is 1. The van der Waals surface area contributed by atoms with Gasteiger partial charge in [0.25, 0.3) is 5.91 Å². The molecule has 1 aromatic heterocycles. The molecular formula is C18H16ClF3N2O3. The molecule has 144 valence electrons. The molecule has 27 heavy (non-hydrogen) atoms. The number of carbonyl (C=O) groups is 1. The molecule has 0 saturated carbocycles. The molecule has 0 spiro atoms. The molecule has 2 heterocycles. The molecule has 9 heteroatoms. The van der Waals surface area contributed by atoms with Crippen LogP contribution in [0, 0.1) is 0 Å². The number of rotatable bonds is 5. The van der Waals surface area contributed by atoms with Gasteiger partial charge in [-0.15, -0.1) is 0 Å². The minimum Gasteiger partial charge on any atom is -0.468 e. The summed E-state index contributed by atoms with van der Waals surface area (Å²) in [6, 6.07) is 7.97. The quantitative estimate of drug-likeness (QED) is 0.805. The lowest BCUT2D eigenvalue weighted by Gasteiger charge is -2.15. The number of ether oxygens (including phenoxy) is 2. The average Bonchev–Trinajstić information content (AvgIpc) is 3.15. The van der Waals surface area contributed by atoms with Crippen LogP contribution in [0.5, 0.6) is 5.88 Å². The van der Waals surface area contributed by atoms with E-state index < -0.39 is 18.9 Å². The largest absolute Gasteiger partial charge is 0.468 e. The third-order valence-electron chi connectivity index (χ3n) is 3.87. The molecule has 1 fully saturated rings. The van der Waals surface area contributed by atoms with Gasteiger partial charge >= 0.3 is 6.18 Å². The SMILES string of the molecule is O=C(Nc1cnc(OCC(F)(F)F)c(-c2ccc(Cl)cc2)c1)[C@@H]1CCCO1. The number of benzene rings is 1. The van der Waals surface area contributed by atoms with Crippen LogP contribution >= 0.6 is 11.6 Å². The molecule has 1 amide bonds. The van der Waals surface area contributed by atoms with Gasteiger partial charge in [-0.2, -0.15) is 13.2 Å². The van der Waals surface area contributed by atoms with E-state index in [1.54, 1.807) is 24.3 Å². The van der Waals surface area contributed by atoms with E-state index in [2.05, 4.69) is 10.3 Å². The zero-order valence-electron chi connectivity index (χ0n) is 14.1. The van der Waals surface area contributed by atoms with Crippen LogP contribution in [0.1, 0.15) is 12.8 Å². The highest BCUT2D eigenvalue weighted by molar-refractivity contribution is 6.30. The van der Waals surface area contributed by atoms with Gasteiger partial charge in [0.05, 0.1) is 11.9 Å². The fourth-order valence-corrected chi connectivity index (χ4v) is 2.76. The Hall–Kier alpha value is -2.32. The lowest BCUT2D eigenvalue weighted by molar-refractivity contribution is -0.154. The Bertz CT molecular complexity index is 806. The van der Waals surface area contributed by atoms with E-state index in [0.717, 1.165) is 6.42 Å². The van der Waals surface area contributed by atoms with Gasteiger partial charge in [0.1, 0.15) is 6.10 Å². The van der Waals surface area contributed by atoms with E-state index in [0.29, 0.717) is 34.9 Å². The van der Waals surface area contributed by atoms with Gasteiger partial charge in [-0.25, -0.2) is 4.98 Å². The highest BCUT2D eigenvalue weighted by Gasteiger charge is 2.29. The van der Waals surface area contributed by atoms with Crippen molar-refractivity contribution in [2.75, 3.05) is 18.5 Å². The molecule has 0 unspecified atom stereocenters. The van der Waals surface area contributed by atoms with Gasteiger partial charge in [-0.3, -0.25) is 4.79 Å². The highest BCUT2D eigenvalue weighted by atomic mass is 35.5. The monoisotopic (exact) mass is 400 g/mol. The molecule has 1 aromatic carbocycles. The van der Waals surface area contributed by atoms with Crippen LogP contribution < -0.4 is 10.1 Å². The molecule has 1 atom stereocenters. The maximum atomic E-state index is 12.5. The van der Waals surface area contributed by atoms with Crippen molar-refractivity contribution in [1.82, 2.24) is 4.98 Å². The van der Waals surface area contributed by atoms with E-state index in [9.17, 15) is 18.0 Å². The number of aromatic nitrogens is 1. The van der Waals surface area contributed by atoms with Crippen LogP contribution in [0.3, 0.4) is 0 Å². The fraction of sp³-hybridized carbons (Fsp3) is 0.333. The molecule has 0 aliphatic carbocycles. The van der Waals surface area contributed by atoms with Crippen molar-refractivity contribution >= 4 is 23.2 Å². The van der Waals surface area contributed by atoms with Crippen LogP contribution in [-0.2, 0) is 9.53 Å². The molecular weight excluding hydrogens is 385 g/mol. The number of hydrogen-bond donors (Lipinski definition) is 1. The predicted octanol–water partition coefficient (Wildman–Crippen LogP) is 4.46. The van der Waals surface area contributed by atoms with Crippen molar-refractivity contribution in [3.05, 3.63) is 41.6 Å². The minimum atomic E-state index is -4.49. The first-order valence-electron chi connectivity index (χ1n) is 8.20. The number of alkyl halides is 3. The van der Waals surface area contributed by atoms with Gasteiger partial charge in [0, 0.05) is 17.2 Å². The third-order valence-corrected chi connectivity index (χ3v) is 4.12. The smallest absolute Gasteiger partial charge is 0.422 e. The summed E-state index contributed by atoms with van der Waals surface area (Å²) < 4.78 is 47.7. The van der Waals surface area contributed by atoms with Gasteiger partial charge in [-0.1, -0.05) is 23.7 Å². The van der Waals surface area contributed by atoms with Crippen LogP contribution in [0.15, 0.2) is 36.5 Å². The van der Waals surface area contributed by atoms with Crippen LogP contribution in [0.2, 0.25) is 5.02 Å². The van der Waals surface area contributed by atoms with Crippen molar-refractivity contribution in [1.29, 1.82) is 0 Å². The Balaban J connectivity index is 1.87. The predicted molar refractivity (Wildman–Crippen MR) is 93.8 cm³/mol. The molecule has 3 rings (SSSR count). The summed E-state index contributed by atoms with van der Waals surface area (Å²) in [6.45, 7) is -0.946. The molecule has 0 radical (unpaired) electrons. The Morgan fingerprint density at radius 1 is 1.33 bits per heavy atom. The first kappa shape index (κ1) is 19.4. The van der Waals surface area contributed by atoms with Crippen molar-refractivity contribution in [2.45, 2.75) is 25.1 Å².